The van der Waals surface area contributed by atoms with Crippen molar-refractivity contribution in [1.29, 1.82) is 0 Å². The molecule has 0 radical (unpaired) electrons. The fraction of sp³-hybridized carbons (Fsp3) is 0.909. The van der Waals surface area contributed by atoms with Crippen LogP contribution in [0.5, 0.6) is 0 Å². The zero-order valence-corrected chi connectivity index (χ0v) is 41.3. The molecule has 5 rings (SSSR count). The van der Waals surface area contributed by atoms with Crippen LogP contribution in [0.2, 0.25) is 0 Å². The molecule has 0 amide bonds. The van der Waals surface area contributed by atoms with Gasteiger partial charge in [-0.25, -0.2) is 4.79 Å². The molecule has 4 fully saturated rings. The van der Waals surface area contributed by atoms with Gasteiger partial charge in [0, 0.05) is 32.7 Å². The van der Waals surface area contributed by atoms with E-state index in [1.165, 1.54) is 128 Å². The third kappa shape index (κ3) is 16.3. The second-order valence-electron chi connectivity index (χ2n) is 21.8. The molecule has 1 saturated heterocycles. The highest BCUT2D eigenvalue weighted by Crippen LogP contribution is 2.67. The number of allylic oxidation sites excluding steroid dienone is 3. The Morgan fingerprint density at radius 2 is 1.53 bits per heavy atom. The molecular formula is C55H97NO6. The van der Waals surface area contributed by atoms with Gasteiger partial charge in [0.2, 0.25) is 0 Å². The summed E-state index contributed by atoms with van der Waals surface area (Å²) in [4.78, 5) is 15.4. The molecule has 62 heavy (non-hydrogen) atoms. The van der Waals surface area contributed by atoms with E-state index in [1.54, 1.807) is 5.57 Å². The molecule has 7 nitrogen and oxygen atoms in total. The van der Waals surface area contributed by atoms with Crippen molar-refractivity contribution in [3.8, 4) is 0 Å². The van der Waals surface area contributed by atoms with Gasteiger partial charge in [0.1, 0.15) is 12.7 Å². The summed E-state index contributed by atoms with van der Waals surface area (Å²) < 4.78 is 29.9. The number of carbonyl (C=O) groups is 1. The number of carbonyl (C=O) groups excluding carboxylic acids is 1. The molecule has 4 aliphatic carbocycles. The number of hydrogen-bond acceptors (Lipinski definition) is 7. The molecular weight excluding hydrogens is 771 g/mol. The first-order chi connectivity index (χ1) is 30.1. The molecule has 0 N–H and O–H groups in total. The van der Waals surface area contributed by atoms with E-state index in [1.807, 2.05) is 0 Å². The van der Waals surface area contributed by atoms with Crippen molar-refractivity contribution in [1.82, 2.24) is 4.90 Å². The lowest BCUT2D eigenvalue weighted by Crippen LogP contribution is -2.51. The van der Waals surface area contributed by atoms with Gasteiger partial charge in [-0.15, -0.1) is 0 Å². The van der Waals surface area contributed by atoms with Crippen LogP contribution in [0.25, 0.3) is 0 Å². The normalized spacial score (nSPS) is 29.9. The molecule has 1 heterocycles. The summed E-state index contributed by atoms with van der Waals surface area (Å²) in [6.45, 7) is 21.2. The van der Waals surface area contributed by atoms with Crippen molar-refractivity contribution < 1.29 is 28.5 Å². The van der Waals surface area contributed by atoms with Gasteiger partial charge >= 0.3 is 5.97 Å². The third-order valence-electron chi connectivity index (χ3n) is 16.8. The highest BCUT2D eigenvalue weighted by atomic mass is 16.6. The Bertz CT molecular complexity index is 1290. The minimum atomic E-state index is -0.241. The molecule has 0 bridgehead atoms. The van der Waals surface area contributed by atoms with Gasteiger partial charge in [-0.05, 0) is 123 Å². The van der Waals surface area contributed by atoms with Gasteiger partial charge in [-0.1, -0.05) is 136 Å². The van der Waals surface area contributed by atoms with E-state index < -0.39 is 0 Å². The van der Waals surface area contributed by atoms with Crippen LogP contribution in [0.4, 0.5) is 0 Å². The first-order valence-electron chi connectivity index (χ1n) is 26.7. The second kappa shape index (κ2) is 28.0. The van der Waals surface area contributed by atoms with Gasteiger partial charge in [0.15, 0.2) is 0 Å². The second-order valence-corrected chi connectivity index (χ2v) is 21.8. The van der Waals surface area contributed by atoms with E-state index >= 15 is 0 Å². The van der Waals surface area contributed by atoms with Crippen molar-refractivity contribution in [2.24, 2.45) is 46.3 Å². The van der Waals surface area contributed by atoms with E-state index in [0.29, 0.717) is 25.2 Å². The summed E-state index contributed by atoms with van der Waals surface area (Å²) in [6, 6.07) is 0. The Balaban J connectivity index is 0.937. The lowest BCUT2D eigenvalue weighted by Gasteiger charge is -2.58. The average molecular weight is 868 g/mol. The smallest absolute Gasteiger partial charge is 0.332 e. The van der Waals surface area contributed by atoms with E-state index in [2.05, 4.69) is 64.7 Å². The number of rotatable bonds is 31. The van der Waals surface area contributed by atoms with Gasteiger partial charge in [-0.2, -0.15) is 0 Å². The van der Waals surface area contributed by atoms with Crippen LogP contribution >= 0.6 is 0 Å². The third-order valence-corrected chi connectivity index (χ3v) is 16.8. The minimum absolute atomic E-state index is 0.0152. The van der Waals surface area contributed by atoms with Gasteiger partial charge in [0.05, 0.1) is 39.1 Å². The highest BCUT2D eigenvalue weighted by molar-refractivity contribution is 5.71. The maximum absolute atomic E-state index is 13.0. The molecule has 7 heteroatoms. The molecule has 0 aromatic heterocycles. The fourth-order valence-corrected chi connectivity index (χ4v) is 13.1. The van der Waals surface area contributed by atoms with Crippen LogP contribution in [-0.2, 0) is 28.5 Å². The predicted octanol–water partition coefficient (Wildman–Crippen LogP) is 13.3. The number of ether oxygens (including phenoxy) is 5. The molecule has 0 aromatic carbocycles. The molecule has 9 atom stereocenters. The predicted molar refractivity (Wildman–Crippen MR) is 256 cm³/mol. The highest BCUT2D eigenvalue weighted by Gasteiger charge is 2.59. The van der Waals surface area contributed by atoms with Gasteiger partial charge < -0.3 is 23.7 Å². The Hall–Kier alpha value is -1.25. The number of unbranched alkanes of at least 4 members (excludes halogenated alkanes) is 11. The van der Waals surface area contributed by atoms with Crippen LogP contribution in [0.1, 0.15) is 196 Å². The minimum Gasteiger partial charge on any atom is -0.460 e. The number of nitrogens with zero attached hydrogens (tertiary/aromatic N) is 1. The molecule has 0 aromatic rings. The molecule has 1 aliphatic heterocycles. The number of fused-ring (bicyclic) bond motifs is 5. The van der Waals surface area contributed by atoms with Gasteiger partial charge in [0.25, 0.3) is 0 Å². The lowest BCUT2D eigenvalue weighted by atomic mass is 9.47. The van der Waals surface area contributed by atoms with E-state index in [9.17, 15) is 4.79 Å². The zero-order valence-electron chi connectivity index (χ0n) is 41.3. The zero-order chi connectivity index (χ0) is 44.0. The van der Waals surface area contributed by atoms with Gasteiger partial charge in [-0.3, -0.25) is 4.90 Å². The maximum atomic E-state index is 13.0. The standard InChI is InChI=1S/C55H97NO6/c1-7-8-9-10-11-12-13-14-15-16-17-18-19-20-21-35-59-42-48(41-56-33-36-58-37-34-56)61-39-38-60-43-53(57)62-47-29-31-54(5)46(40-47)25-26-49-51-28-27-50(45(4)24-22-23-44(2)3)55(51,6)32-30-52(49)54/h13-14,25,44-45,47-52H,7-12,15-24,26-43H2,1-6H3/b14-13-/t45?,47-,48?,49?,50+,51?,52?,54-,55+/m0/s1. The van der Waals surface area contributed by atoms with Crippen LogP contribution in [0.3, 0.4) is 0 Å². The number of esters is 1. The van der Waals surface area contributed by atoms with E-state index in [4.69, 9.17) is 23.7 Å². The summed E-state index contributed by atoms with van der Waals surface area (Å²) in [7, 11) is 0. The lowest BCUT2D eigenvalue weighted by molar-refractivity contribution is -0.157. The SMILES string of the molecule is CCCCCCC/C=C\CCCCCCCCOCC(CN1CCOCC1)OCCOCC(=O)O[C@H]1CC[C@@]2(C)C(=CCC3C2CC[C@@]2(C)C3CC[C@@H]2C(C)CCCC(C)C)C1. The van der Waals surface area contributed by atoms with E-state index in [-0.39, 0.29) is 30.2 Å². The first kappa shape index (κ1) is 51.7. The topological polar surface area (TPSA) is 66.5 Å². The Morgan fingerprint density at radius 3 is 2.27 bits per heavy atom. The molecule has 3 saturated carbocycles. The summed E-state index contributed by atoms with van der Waals surface area (Å²) in [5, 5.41) is 0. The quantitative estimate of drug-likeness (QED) is 0.0391. The monoisotopic (exact) mass is 868 g/mol. The first-order valence-corrected chi connectivity index (χ1v) is 26.7. The molecule has 5 aliphatic rings. The summed E-state index contributed by atoms with van der Waals surface area (Å²) in [6.07, 6.45) is 38.3. The number of morpholine rings is 1. The van der Waals surface area contributed by atoms with Crippen molar-refractivity contribution in [3.05, 3.63) is 23.8 Å². The summed E-state index contributed by atoms with van der Waals surface area (Å²) in [5.74, 6) is 4.79. The van der Waals surface area contributed by atoms with Crippen LogP contribution in [0.15, 0.2) is 23.8 Å². The van der Waals surface area contributed by atoms with Crippen molar-refractivity contribution in [2.45, 2.75) is 208 Å². The molecule has 5 unspecified atom stereocenters. The Morgan fingerprint density at radius 1 is 0.806 bits per heavy atom. The fourth-order valence-electron chi connectivity index (χ4n) is 13.1. The van der Waals surface area contributed by atoms with Crippen molar-refractivity contribution >= 4 is 5.97 Å². The molecule has 0 spiro atoms. The maximum Gasteiger partial charge on any atom is 0.332 e. The number of hydrogen-bond donors (Lipinski definition) is 0. The Labute approximate surface area is 382 Å². The Kier molecular flexibility index (Phi) is 23.4. The van der Waals surface area contributed by atoms with E-state index in [0.717, 1.165) is 101 Å². The van der Waals surface area contributed by atoms with Crippen LogP contribution in [0, 0.1) is 46.3 Å². The summed E-state index contributed by atoms with van der Waals surface area (Å²) >= 11 is 0. The molecule has 358 valence electrons. The van der Waals surface area contributed by atoms with Crippen molar-refractivity contribution in [2.75, 3.05) is 65.9 Å². The van der Waals surface area contributed by atoms with Crippen LogP contribution < -0.4 is 0 Å². The van der Waals surface area contributed by atoms with Crippen LogP contribution in [-0.4, -0.2) is 89.0 Å². The van der Waals surface area contributed by atoms with Crippen molar-refractivity contribution in [3.63, 3.8) is 0 Å². The largest absolute Gasteiger partial charge is 0.460 e. The average Bonchev–Trinajstić information content (AvgIpc) is 3.62. The summed E-state index contributed by atoms with van der Waals surface area (Å²) in [5.41, 5.74) is 2.34.